The summed E-state index contributed by atoms with van der Waals surface area (Å²) in [5.41, 5.74) is 2.89. The van der Waals surface area contributed by atoms with E-state index in [-0.39, 0.29) is 5.91 Å². The molecule has 0 radical (unpaired) electrons. The average Bonchev–Trinajstić information content (AvgIpc) is 2.99. The lowest BCUT2D eigenvalue weighted by atomic mass is 10.1. The number of nitrogens with zero attached hydrogens (tertiary/aromatic N) is 2. The van der Waals surface area contributed by atoms with Crippen molar-refractivity contribution < 1.29 is 14.3 Å². The zero-order valence-corrected chi connectivity index (χ0v) is 17.3. The van der Waals surface area contributed by atoms with Crippen LogP contribution in [0.3, 0.4) is 0 Å². The average molecular weight is 415 g/mol. The number of benzene rings is 2. The van der Waals surface area contributed by atoms with Gasteiger partial charge < -0.3 is 4.74 Å². The Morgan fingerprint density at radius 2 is 1.96 bits per heavy atom. The molecule has 0 bridgehead atoms. The molecule has 1 aliphatic heterocycles. The van der Waals surface area contributed by atoms with Crippen LogP contribution in [0.2, 0.25) is 5.02 Å². The number of amides is 1. The largest absolute Gasteiger partial charge is 0.465 e. The number of carbonyl (C=O) groups excluding carboxylic acids is 2. The third-order valence-corrected chi connectivity index (χ3v) is 5.71. The lowest BCUT2D eigenvalue weighted by Gasteiger charge is -2.12. The van der Waals surface area contributed by atoms with Crippen molar-refractivity contribution in [3.05, 3.63) is 69.1 Å². The van der Waals surface area contributed by atoms with E-state index in [9.17, 15) is 9.59 Å². The van der Waals surface area contributed by atoms with Gasteiger partial charge in [0.25, 0.3) is 5.91 Å². The molecule has 0 N–H and O–H groups in total. The van der Waals surface area contributed by atoms with Gasteiger partial charge in [-0.2, -0.15) is 0 Å². The maximum absolute atomic E-state index is 12.8. The molecule has 0 aliphatic carbocycles. The van der Waals surface area contributed by atoms with Crippen LogP contribution >= 0.6 is 23.4 Å². The third-order valence-electron chi connectivity index (χ3n) is 4.29. The summed E-state index contributed by atoms with van der Waals surface area (Å²) in [6, 6.07) is 12.4. The molecule has 0 atom stereocenters. The Morgan fingerprint density at radius 1 is 1.25 bits per heavy atom. The predicted molar refractivity (Wildman–Crippen MR) is 114 cm³/mol. The fourth-order valence-electron chi connectivity index (χ4n) is 2.68. The van der Waals surface area contributed by atoms with Crippen molar-refractivity contribution in [2.24, 2.45) is 4.99 Å². The van der Waals surface area contributed by atoms with Gasteiger partial charge in [0.05, 0.1) is 23.3 Å². The van der Waals surface area contributed by atoms with E-state index in [2.05, 4.69) is 4.99 Å². The smallest absolute Gasteiger partial charge is 0.337 e. The lowest BCUT2D eigenvalue weighted by molar-refractivity contribution is -0.122. The van der Waals surface area contributed by atoms with Crippen LogP contribution in [0, 0.1) is 6.92 Å². The molecule has 7 heteroatoms. The van der Waals surface area contributed by atoms with Gasteiger partial charge in [-0.3, -0.25) is 9.69 Å². The van der Waals surface area contributed by atoms with Gasteiger partial charge >= 0.3 is 5.97 Å². The topological polar surface area (TPSA) is 59.0 Å². The second kappa shape index (κ2) is 8.63. The molecule has 5 nitrogen and oxygen atoms in total. The Hall–Kier alpha value is -2.57. The molecule has 2 aromatic rings. The van der Waals surface area contributed by atoms with E-state index in [4.69, 9.17) is 16.3 Å². The second-order valence-corrected chi connectivity index (χ2v) is 7.47. The van der Waals surface area contributed by atoms with Crippen molar-refractivity contribution in [3.8, 4) is 0 Å². The molecule has 1 aliphatic rings. The van der Waals surface area contributed by atoms with Gasteiger partial charge in [-0.1, -0.05) is 29.8 Å². The molecule has 3 rings (SSSR count). The molecule has 1 amide bonds. The molecule has 28 heavy (non-hydrogen) atoms. The van der Waals surface area contributed by atoms with Crippen molar-refractivity contribution in [3.63, 3.8) is 0 Å². The van der Waals surface area contributed by atoms with Gasteiger partial charge in [-0.15, -0.1) is 0 Å². The van der Waals surface area contributed by atoms with E-state index >= 15 is 0 Å². The van der Waals surface area contributed by atoms with Crippen LogP contribution in [-0.4, -0.2) is 35.6 Å². The van der Waals surface area contributed by atoms with Crippen LogP contribution in [0.4, 0.5) is 5.69 Å². The molecule has 0 saturated carbocycles. The molecular formula is C21H19ClN2O3S. The van der Waals surface area contributed by atoms with Crippen molar-refractivity contribution in [1.82, 2.24) is 4.90 Å². The maximum Gasteiger partial charge on any atom is 0.337 e. The van der Waals surface area contributed by atoms with E-state index in [1.807, 2.05) is 32.0 Å². The molecule has 0 spiro atoms. The van der Waals surface area contributed by atoms with Crippen LogP contribution in [0.25, 0.3) is 6.08 Å². The highest BCUT2D eigenvalue weighted by atomic mass is 35.5. The SMILES string of the molecule is CCN1C(=O)/C(=C/c2ccc(C(=O)OC)cc2)SC1=Nc1cccc(Cl)c1C. The van der Waals surface area contributed by atoms with E-state index in [0.29, 0.717) is 27.2 Å². The Labute approximate surface area is 173 Å². The normalized spacial score (nSPS) is 16.9. The van der Waals surface area contributed by atoms with Crippen LogP contribution in [0.1, 0.15) is 28.4 Å². The molecule has 1 fully saturated rings. The Bertz CT molecular complexity index is 984. The summed E-state index contributed by atoms with van der Waals surface area (Å²) in [7, 11) is 1.34. The van der Waals surface area contributed by atoms with Crippen LogP contribution in [0.5, 0.6) is 0 Å². The summed E-state index contributed by atoms with van der Waals surface area (Å²) < 4.78 is 4.70. The molecular weight excluding hydrogens is 396 g/mol. The number of halogens is 1. The first kappa shape index (κ1) is 20.2. The molecule has 144 valence electrons. The van der Waals surface area contributed by atoms with E-state index in [1.165, 1.54) is 18.9 Å². The number of carbonyl (C=O) groups is 2. The summed E-state index contributed by atoms with van der Waals surface area (Å²) in [6.07, 6.45) is 1.80. The van der Waals surface area contributed by atoms with Gasteiger partial charge in [-0.25, -0.2) is 9.79 Å². The molecule has 2 aromatic carbocycles. The maximum atomic E-state index is 12.8. The quantitative estimate of drug-likeness (QED) is 0.518. The highest BCUT2D eigenvalue weighted by Crippen LogP contribution is 2.35. The molecule has 1 heterocycles. The van der Waals surface area contributed by atoms with Gasteiger partial charge in [0.1, 0.15) is 0 Å². The summed E-state index contributed by atoms with van der Waals surface area (Å²) in [4.78, 5) is 31.2. The number of hydrogen-bond donors (Lipinski definition) is 0. The Balaban J connectivity index is 1.91. The van der Waals surface area contributed by atoms with E-state index in [1.54, 1.807) is 35.2 Å². The highest BCUT2D eigenvalue weighted by Gasteiger charge is 2.32. The second-order valence-electron chi connectivity index (χ2n) is 6.05. The summed E-state index contributed by atoms with van der Waals surface area (Å²) >= 11 is 7.50. The minimum Gasteiger partial charge on any atom is -0.465 e. The van der Waals surface area contributed by atoms with Crippen molar-refractivity contribution in [1.29, 1.82) is 0 Å². The number of likely N-dealkylation sites (N-methyl/N-ethyl adjacent to an activating group) is 1. The minimum atomic E-state index is -0.394. The first-order chi connectivity index (χ1) is 13.4. The standard InChI is InChI=1S/C21H19ClN2O3S/c1-4-24-19(25)18(12-14-8-10-15(11-9-14)20(26)27-3)28-21(24)23-17-7-5-6-16(22)13(17)2/h5-12H,4H2,1-3H3/b18-12-,23-21?. The van der Waals surface area contributed by atoms with Crippen molar-refractivity contribution in [2.75, 3.05) is 13.7 Å². The highest BCUT2D eigenvalue weighted by molar-refractivity contribution is 8.18. The van der Waals surface area contributed by atoms with Crippen molar-refractivity contribution in [2.45, 2.75) is 13.8 Å². The number of esters is 1. The zero-order chi connectivity index (χ0) is 20.3. The number of rotatable bonds is 4. The Kier molecular flexibility index (Phi) is 6.21. The molecule has 1 saturated heterocycles. The van der Waals surface area contributed by atoms with Gasteiger partial charge in [0.2, 0.25) is 0 Å². The van der Waals surface area contributed by atoms with E-state index < -0.39 is 5.97 Å². The van der Waals surface area contributed by atoms with Crippen LogP contribution in [-0.2, 0) is 9.53 Å². The van der Waals surface area contributed by atoms with Gasteiger partial charge in [0.15, 0.2) is 5.17 Å². The first-order valence-electron chi connectivity index (χ1n) is 8.68. The first-order valence-corrected chi connectivity index (χ1v) is 9.87. The van der Waals surface area contributed by atoms with Crippen molar-refractivity contribution >= 4 is 52.2 Å². The number of hydrogen-bond acceptors (Lipinski definition) is 5. The monoisotopic (exact) mass is 414 g/mol. The summed E-state index contributed by atoms with van der Waals surface area (Å²) in [6.45, 7) is 4.33. The van der Waals surface area contributed by atoms with Crippen LogP contribution in [0.15, 0.2) is 52.4 Å². The Morgan fingerprint density at radius 3 is 2.61 bits per heavy atom. The number of thioether (sulfide) groups is 1. The van der Waals surface area contributed by atoms with Gasteiger partial charge in [0, 0.05) is 11.6 Å². The molecule has 0 aromatic heterocycles. The van der Waals surface area contributed by atoms with Crippen LogP contribution < -0.4 is 0 Å². The number of ether oxygens (including phenoxy) is 1. The number of aliphatic imine (C=N–C) groups is 1. The lowest BCUT2D eigenvalue weighted by Crippen LogP contribution is -2.28. The van der Waals surface area contributed by atoms with E-state index in [0.717, 1.165) is 16.8 Å². The minimum absolute atomic E-state index is 0.0945. The van der Waals surface area contributed by atoms with Gasteiger partial charge in [-0.05, 0) is 67.1 Å². The third kappa shape index (κ3) is 4.13. The summed E-state index contributed by atoms with van der Waals surface area (Å²) in [5, 5.41) is 1.26. The fraction of sp³-hybridized carbons (Fsp3) is 0.190. The number of amidine groups is 1. The fourth-order valence-corrected chi connectivity index (χ4v) is 3.90. The molecule has 0 unspecified atom stereocenters. The summed E-state index contributed by atoms with van der Waals surface area (Å²) in [5.74, 6) is -0.489. The predicted octanol–water partition coefficient (Wildman–Crippen LogP) is 5.06. The zero-order valence-electron chi connectivity index (χ0n) is 15.7. The number of methoxy groups -OCH3 is 1.